The van der Waals surface area contributed by atoms with Gasteiger partial charge in [0.1, 0.15) is 5.82 Å². The molecule has 2 heterocycles. The fraction of sp³-hybridized carbons (Fsp3) is 0.643. The molecule has 0 unspecified atom stereocenters. The van der Waals surface area contributed by atoms with Crippen LogP contribution in [0.5, 0.6) is 0 Å². The number of nitrogens with two attached hydrogens (primary N) is 1. The van der Waals surface area contributed by atoms with Gasteiger partial charge in [-0.05, 0) is 33.2 Å². The van der Waals surface area contributed by atoms with E-state index in [0.29, 0.717) is 43.8 Å². The lowest BCUT2D eigenvalue weighted by molar-refractivity contribution is 0.545. The Kier molecular flexibility index (Phi) is 4.62. The summed E-state index contributed by atoms with van der Waals surface area (Å²) in [7, 11) is 0. The first-order valence-corrected chi connectivity index (χ1v) is 7.47. The third-order valence-electron chi connectivity index (χ3n) is 3.65. The van der Waals surface area contributed by atoms with Crippen molar-refractivity contribution in [2.24, 2.45) is 5.73 Å². The van der Waals surface area contributed by atoms with Crippen LogP contribution < -0.4 is 17.0 Å². The quantitative estimate of drug-likeness (QED) is 0.837. The van der Waals surface area contributed by atoms with Crippen LogP contribution in [-0.2, 0) is 19.6 Å². The molecular formula is C14H23N5O2. The van der Waals surface area contributed by atoms with Crippen molar-refractivity contribution < 1.29 is 0 Å². The van der Waals surface area contributed by atoms with Gasteiger partial charge in [-0.3, -0.25) is 13.9 Å². The number of fused-ring (bicyclic) bond motifs is 1. The monoisotopic (exact) mass is 293 g/mol. The van der Waals surface area contributed by atoms with Gasteiger partial charge in [-0.15, -0.1) is 0 Å². The van der Waals surface area contributed by atoms with Crippen molar-refractivity contribution in [3.05, 3.63) is 26.7 Å². The molecule has 0 fully saturated rings. The van der Waals surface area contributed by atoms with E-state index >= 15 is 0 Å². The van der Waals surface area contributed by atoms with Crippen LogP contribution >= 0.6 is 0 Å². The maximum absolute atomic E-state index is 12.7. The second-order valence-corrected chi connectivity index (χ2v) is 5.11. The van der Waals surface area contributed by atoms with E-state index in [1.165, 1.54) is 4.57 Å². The Morgan fingerprint density at radius 3 is 2.38 bits per heavy atom. The average molecular weight is 293 g/mol. The zero-order valence-corrected chi connectivity index (χ0v) is 12.9. The highest BCUT2D eigenvalue weighted by molar-refractivity contribution is 5.71. The molecule has 21 heavy (non-hydrogen) atoms. The molecule has 0 aliphatic heterocycles. The lowest BCUT2D eigenvalue weighted by Gasteiger charge is -2.11. The predicted molar refractivity (Wildman–Crippen MR) is 82.6 cm³/mol. The van der Waals surface area contributed by atoms with Crippen LogP contribution in [0.1, 0.15) is 32.5 Å². The molecule has 116 valence electrons. The smallest absolute Gasteiger partial charge is 0.330 e. The maximum atomic E-state index is 12.7. The molecule has 7 nitrogen and oxygen atoms in total. The minimum atomic E-state index is -0.288. The number of aryl methyl sites for hydroxylation is 3. The van der Waals surface area contributed by atoms with Gasteiger partial charge in [0.15, 0.2) is 11.2 Å². The summed E-state index contributed by atoms with van der Waals surface area (Å²) < 4.78 is 4.76. The molecule has 0 aliphatic rings. The number of imidazole rings is 1. The van der Waals surface area contributed by atoms with Crippen molar-refractivity contribution in [2.45, 2.75) is 53.2 Å². The van der Waals surface area contributed by atoms with Crippen LogP contribution in [0, 0.1) is 6.92 Å². The van der Waals surface area contributed by atoms with Gasteiger partial charge in [0.25, 0.3) is 5.56 Å². The minimum absolute atomic E-state index is 0.266. The Hall–Kier alpha value is -1.89. The molecule has 0 saturated heterocycles. The Morgan fingerprint density at radius 2 is 1.81 bits per heavy atom. The van der Waals surface area contributed by atoms with E-state index in [-0.39, 0.29) is 11.2 Å². The van der Waals surface area contributed by atoms with Crippen LogP contribution in [0.3, 0.4) is 0 Å². The zero-order chi connectivity index (χ0) is 15.6. The molecule has 0 spiro atoms. The lowest BCUT2D eigenvalue weighted by Crippen LogP contribution is -2.41. The third kappa shape index (κ3) is 2.53. The predicted octanol–water partition coefficient (Wildman–Crippen LogP) is 0.447. The standard InChI is InChI=1S/C14H23N5O2/c1-4-8-18-12-11(17(5-2)10(3)16-12)13(20)19(14(18)21)9-6-7-15/h4-9,15H2,1-3H3. The number of hydrogen-bond donors (Lipinski definition) is 1. The summed E-state index contributed by atoms with van der Waals surface area (Å²) in [5, 5.41) is 0. The highest BCUT2D eigenvalue weighted by Crippen LogP contribution is 2.11. The first-order valence-electron chi connectivity index (χ1n) is 7.47. The Morgan fingerprint density at radius 1 is 1.10 bits per heavy atom. The summed E-state index contributed by atoms with van der Waals surface area (Å²) in [6.45, 7) is 7.82. The van der Waals surface area contributed by atoms with Crippen molar-refractivity contribution in [2.75, 3.05) is 6.54 Å². The summed E-state index contributed by atoms with van der Waals surface area (Å²) in [6.07, 6.45) is 1.41. The number of rotatable bonds is 6. The highest BCUT2D eigenvalue weighted by Gasteiger charge is 2.18. The van der Waals surface area contributed by atoms with Gasteiger partial charge in [0, 0.05) is 19.6 Å². The molecule has 0 amide bonds. The largest absolute Gasteiger partial charge is 0.332 e. The van der Waals surface area contributed by atoms with Crippen molar-refractivity contribution in [3.8, 4) is 0 Å². The Labute approximate surface area is 123 Å². The molecule has 2 aromatic rings. The summed E-state index contributed by atoms with van der Waals surface area (Å²) in [5.74, 6) is 0.755. The molecule has 0 atom stereocenters. The summed E-state index contributed by atoms with van der Waals surface area (Å²) >= 11 is 0. The Bertz CT molecular complexity index is 753. The SMILES string of the molecule is CCCn1c(=O)n(CCCN)c(=O)c2c1nc(C)n2CC. The minimum Gasteiger partial charge on any atom is -0.330 e. The molecule has 0 aliphatic carbocycles. The molecule has 0 radical (unpaired) electrons. The molecule has 7 heteroatoms. The van der Waals surface area contributed by atoms with Crippen LogP contribution in [-0.4, -0.2) is 25.2 Å². The van der Waals surface area contributed by atoms with Crippen molar-refractivity contribution >= 4 is 11.2 Å². The fourth-order valence-corrected chi connectivity index (χ4v) is 2.66. The number of nitrogens with zero attached hydrogens (tertiary/aromatic N) is 4. The van der Waals surface area contributed by atoms with Gasteiger partial charge in [0.05, 0.1) is 0 Å². The molecule has 2 rings (SSSR count). The van der Waals surface area contributed by atoms with E-state index in [1.54, 1.807) is 4.57 Å². The van der Waals surface area contributed by atoms with E-state index < -0.39 is 0 Å². The van der Waals surface area contributed by atoms with E-state index in [0.717, 1.165) is 12.2 Å². The normalized spacial score (nSPS) is 11.4. The van der Waals surface area contributed by atoms with Gasteiger partial charge in [0.2, 0.25) is 0 Å². The van der Waals surface area contributed by atoms with E-state index in [9.17, 15) is 9.59 Å². The summed E-state index contributed by atoms with van der Waals surface area (Å²) in [4.78, 5) is 29.6. The molecule has 0 aromatic carbocycles. The van der Waals surface area contributed by atoms with Crippen molar-refractivity contribution in [3.63, 3.8) is 0 Å². The van der Waals surface area contributed by atoms with E-state index in [4.69, 9.17) is 5.73 Å². The van der Waals surface area contributed by atoms with E-state index in [2.05, 4.69) is 4.98 Å². The highest BCUT2D eigenvalue weighted by atomic mass is 16.2. The number of aromatic nitrogens is 4. The third-order valence-corrected chi connectivity index (χ3v) is 3.65. The first kappa shape index (κ1) is 15.5. The molecule has 0 bridgehead atoms. The molecule has 0 saturated carbocycles. The average Bonchev–Trinajstić information content (AvgIpc) is 2.80. The first-order chi connectivity index (χ1) is 10.1. The second-order valence-electron chi connectivity index (χ2n) is 5.11. The second kappa shape index (κ2) is 6.26. The fourth-order valence-electron chi connectivity index (χ4n) is 2.66. The van der Waals surface area contributed by atoms with Gasteiger partial charge < -0.3 is 10.3 Å². The summed E-state index contributed by atoms with van der Waals surface area (Å²) in [6, 6.07) is 0. The number of hydrogen-bond acceptors (Lipinski definition) is 4. The van der Waals surface area contributed by atoms with Crippen LogP contribution in [0.4, 0.5) is 0 Å². The van der Waals surface area contributed by atoms with Crippen LogP contribution in [0.15, 0.2) is 9.59 Å². The maximum Gasteiger partial charge on any atom is 0.332 e. The van der Waals surface area contributed by atoms with Crippen molar-refractivity contribution in [1.82, 2.24) is 18.7 Å². The lowest BCUT2D eigenvalue weighted by atomic mass is 10.4. The molecule has 2 N–H and O–H groups in total. The van der Waals surface area contributed by atoms with Crippen LogP contribution in [0.2, 0.25) is 0 Å². The Balaban J connectivity index is 2.86. The van der Waals surface area contributed by atoms with Gasteiger partial charge in [-0.1, -0.05) is 6.92 Å². The topological polar surface area (TPSA) is 87.8 Å². The van der Waals surface area contributed by atoms with Crippen LogP contribution in [0.25, 0.3) is 11.2 Å². The zero-order valence-electron chi connectivity index (χ0n) is 12.9. The van der Waals surface area contributed by atoms with E-state index in [1.807, 2.05) is 25.3 Å². The molecule has 2 aromatic heterocycles. The van der Waals surface area contributed by atoms with Gasteiger partial charge in [-0.25, -0.2) is 9.78 Å². The summed E-state index contributed by atoms with van der Waals surface area (Å²) in [5.41, 5.74) is 5.96. The molecular weight excluding hydrogens is 270 g/mol. The van der Waals surface area contributed by atoms with Gasteiger partial charge in [-0.2, -0.15) is 0 Å². The van der Waals surface area contributed by atoms with Crippen molar-refractivity contribution in [1.29, 1.82) is 0 Å². The van der Waals surface area contributed by atoms with Gasteiger partial charge >= 0.3 is 5.69 Å².